The summed E-state index contributed by atoms with van der Waals surface area (Å²) in [6.45, 7) is 15.7. The normalized spacial score (nSPS) is 18.7. The number of aromatic amines is 1. The first-order valence-electron chi connectivity index (χ1n) is 14.2. The largest absolute Gasteiger partial charge is 0.371 e. The Labute approximate surface area is 219 Å². The van der Waals surface area contributed by atoms with Crippen LogP contribution in [0.5, 0.6) is 0 Å². The van der Waals surface area contributed by atoms with Crippen molar-refractivity contribution in [2.45, 2.75) is 59.0 Å². The molecule has 2 fully saturated rings. The third-order valence-electron chi connectivity index (χ3n) is 8.86. The molecule has 196 valence electrons. The Balaban J connectivity index is 1.44. The molecule has 0 unspecified atom stereocenters. The second kappa shape index (κ2) is 9.48. The third kappa shape index (κ3) is 4.15. The number of hydrogen-bond donors (Lipinski definition) is 1. The SMILES string of the molecule is CCc1cc2c(=O)c3c4ccc(C)cc4[nH]c3n(C(C)C)c2cc1N1CCC(N2CCN(C)CC2)CC1. The lowest BCUT2D eigenvalue weighted by atomic mass is 9.98. The van der Waals surface area contributed by atoms with E-state index in [-0.39, 0.29) is 11.5 Å². The molecule has 0 saturated carbocycles. The third-order valence-corrected chi connectivity index (χ3v) is 8.86. The molecule has 6 heteroatoms. The lowest BCUT2D eigenvalue weighted by molar-refractivity contribution is 0.0982. The van der Waals surface area contributed by atoms with Crippen molar-refractivity contribution in [1.29, 1.82) is 0 Å². The lowest BCUT2D eigenvalue weighted by Gasteiger charge is -2.43. The van der Waals surface area contributed by atoms with Gasteiger partial charge in [0.05, 0.1) is 10.9 Å². The number of benzene rings is 2. The Hall–Kier alpha value is -2.83. The van der Waals surface area contributed by atoms with Crippen LogP contribution in [0.3, 0.4) is 0 Å². The zero-order valence-corrected chi connectivity index (χ0v) is 23.1. The van der Waals surface area contributed by atoms with Gasteiger partial charge in [0, 0.05) is 73.3 Å². The van der Waals surface area contributed by atoms with E-state index >= 15 is 0 Å². The van der Waals surface area contributed by atoms with Crippen molar-refractivity contribution in [1.82, 2.24) is 19.4 Å². The van der Waals surface area contributed by atoms with Crippen LogP contribution in [0, 0.1) is 6.92 Å². The predicted molar refractivity (Wildman–Crippen MR) is 156 cm³/mol. The van der Waals surface area contributed by atoms with Crippen molar-refractivity contribution >= 4 is 38.5 Å². The highest BCUT2D eigenvalue weighted by Crippen LogP contribution is 2.34. The molecule has 37 heavy (non-hydrogen) atoms. The molecule has 4 aromatic rings. The molecule has 2 aliphatic heterocycles. The molecule has 0 radical (unpaired) electrons. The van der Waals surface area contributed by atoms with Gasteiger partial charge in [-0.3, -0.25) is 9.69 Å². The van der Waals surface area contributed by atoms with Crippen LogP contribution in [-0.2, 0) is 6.42 Å². The van der Waals surface area contributed by atoms with Crippen molar-refractivity contribution < 1.29 is 0 Å². The number of piperidine rings is 1. The van der Waals surface area contributed by atoms with Gasteiger partial charge in [-0.2, -0.15) is 0 Å². The highest BCUT2D eigenvalue weighted by atomic mass is 16.1. The zero-order valence-electron chi connectivity index (χ0n) is 23.1. The van der Waals surface area contributed by atoms with Crippen LogP contribution in [0.1, 0.15) is 50.8 Å². The smallest absolute Gasteiger partial charge is 0.199 e. The number of rotatable bonds is 4. The number of pyridine rings is 1. The second-order valence-corrected chi connectivity index (χ2v) is 11.6. The van der Waals surface area contributed by atoms with E-state index in [9.17, 15) is 4.79 Å². The van der Waals surface area contributed by atoms with Gasteiger partial charge in [0.25, 0.3) is 0 Å². The van der Waals surface area contributed by atoms with Gasteiger partial charge in [-0.25, -0.2) is 0 Å². The minimum Gasteiger partial charge on any atom is -0.371 e. The molecule has 0 spiro atoms. The molecule has 2 aromatic heterocycles. The van der Waals surface area contributed by atoms with Gasteiger partial charge >= 0.3 is 0 Å². The predicted octanol–water partition coefficient (Wildman–Crippen LogP) is 5.30. The van der Waals surface area contributed by atoms with Crippen molar-refractivity contribution in [3.05, 3.63) is 51.7 Å². The Morgan fingerprint density at radius 2 is 1.70 bits per heavy atom. The number of fused-ring (bicyclic) bond motifs is 4. The van der Waals surface area contributed by atoms with Crippen LogP contribution in [-0.4, -0.2) is 71.7 Å². The molecule has 1 N–H and O–H groups in total. The minimum atomic E-state index is 0.145. The molecule has 0 bridgehead atoms. The molecule has 2 saturated heterocycles. The summed E-state index contributed by atoms with van der Waals surface area (Å²) in [4.78, 5) is 25.3. The van der Waals surface area contributed by atoms with Crippen molar-refractivity contribution in [2.75, 3.05) is 51.2 Å². The van der Waals surface area contributed by atoms with E-state index in [0.29, 0.717) is 6.04 Å². The van der Waals surface area contributed by atoms with Crippen LogP contribution in [0.4, 0.5) is 5.69 Å². The topological polar surface area (TPSA) is 47.5 Å². The molecule has 0 amide bonds. The fourth-order valence-corrected chi connectivity index (χ4v) is 6.74. The Kier molecular flexibility index (Phi) is 6.28. The van der Waals surface area contributed by atoms with Crippen LogP contribution in [0.25, 0.3) is 32.8 Å². The molecular formula is C31H41N5O. The van der Waals surface area contributed by atoms with Crippen LogP contribution < -0.4 is 10.3 Å². The Bertz CT molecular complexity index is 1510. The molecule has 0 atom stereocenters. The molecule has 4 heterocycles. The standard InChI is InChI=1S/C31H41N5O/c1-6-22-18-25-28(19-27(22)35-11-9-23(10-12-35)34-15-13-33(5)14-16-34)36(20(2)3)31-29(30(25)37)24-8-7-21(4)17-26(24)32-31/h7-8,17-20,23,32H,6,9-16H2,1-5H3. The summed E-state index contributed by atoms with van der Waals surface area (Å²) in [6.07, 6.45) is 3.35. The van der Waals surface area contributed by atoms with E-state index in [1.165, 1.54) is 55.8 Å². The number of anilines is 1. The zero-order chi connectivity index (χ0) is 25.8. The van der Waals surface area contributed by atoms with Gasteiger partial charge in [-0.15, -0.1) is 0 Å². The Morgan fingerprint density at radius 1 is 0.973 bits per heavy atom. The number of likely N-dealkylation sites (N-methyl/N-ethyl adjacent to an activating group) is 1. The average molecular weight is 500 g/mol. The van der Waals surface area contributed by atoms with Crippen LogP contribution in [0.15, 0.2) is 35.1 Å². The van der Waals surface area contributed by atoms with E-state index in [0.717, 1.165) is 52.3 Å². The molecule has 6 rings (SSSR count). The van der Waals surface area contributed by atoms with Gasteiger partial charge < -0.3 is 19.4 Å². The first-order valence-corrected chi connectivity index (χ1v) is 14.2. The van der Waals surface area contributed by atoms with Gasteiger partial charge in [0.2, 0.25) is 0 Å². The number of nitrogens with one attached hydrogen (secondary N) is 1. The van der Waals surface area contributed by atoms with Gasteiger partial charge in [0.1, 0.15) is 5.65 Å². The lowest BCUT2D eigenvalue weighted by Crippen LogP contribution is -2.52. The van der Waals surface area contributed by atoms with E-state index in [4.69, 9.17) is 0 Å². The number of aromatic nitrogens is 2. The molecule has 2 aromatic carbocycles. The first-order chi connectivity index (χ1) is 17.9. The maximum atomic E-state index is 14.0. The van der Waals surface area contributed by atoms with Crippen LogP contribution >= 0.6 is 0 Å². The first kappa shape index (κ1) is 24.5. The summed E-state index contributed by atoms with van der Waals surface area (Å²) < 4.78 is 2.35. The number of nitrogens with zero attached hydrogens (tertiary/aromatic N) is 4. The van der Waals surface area contributed by atoms with E-state index in [2.05, 4.69) is 89.3 Å². The summed E-state index contributed by atoms with van der Waals surface area (Å²) in [5.74, 6) is 0. The molecular weight excluding hydrogens is 458 g/mol. The fourth-order valence-electron chi connectivity index (χ4n) is 6.74. The summed E-state index contributed by atoms with van der Waals surface area (Å²) in [7, 11) is 2.23. The summed E-state index contributed by atoms with van der Waals surface area (Å²) in [5.41, 5.74) is 6.97. The monoisotopic (exact) mass is 499 g/mol. The van der Waals surface area contributed by atoms with Crippen LogP contribution in [0.2, 0.25) is 0 Å². The van der Waals surface area contributed by atoms with Crippen molar-refractivity contribution in [3.63, 3.8) is 0 Å². The maximum absolute atomic E-state index is 14.0. The number of H-pyrrole nitrogens is 1. The highest BCUT2D eigenvalue weighted by molar-refractivity contribution is 6.10. The van der Waals surface area contributed by atoms with Crippen molar-refractivity contribution in [2.24, 2.45) is 0 Å². The second-order valence-electron chi connectivity index (χ2n) is 11.6. The Morgan fingerprint density at radius 3 is 2.38 bits per heavy atom. The fraction of sp³-hybridized carbons (Fsp3) is 0.516. The van der Waals surface area contributed by atoms with Gasteiger partial charge in [-0.05, 0) is 76.4 Å². The molecule has 2 aliphatic rings. The van der Waals surface area contributed by atoms with E-state index < -0.39 is 0 Å². The highest BCUT2D eigenvalue weighted by Gasteiger charge is 2.28. The van der Waals surface area contributed by atoms with Gasteiger partial charge in [-0.1, -0.05) is 19.1 Å². The maximum Gasteiger partial charge on any atom is 0.199 e. The van der Waals surface area contributed by atoms with E-state index in [1.54, 1.807) is 0 Å². The number of aryl methyl sites for hydroxylation is 2. The number of hydrogen-bond acceptors (Lipinski definition) is 4. The molecule has 0 aliphatic carbocycles. The molecule has 6 nitrogen and oxygen atoms in total. The minimum absolute atomic E-state index is 0.145. The van der Waals surface area contributed by atoms with Gasteiger partial charge in [0.15, 0.2) is 5.43 Å². The van der Waals surface area contributed by atoms with Crippen molar-refractivity contribution in [3.8, 4) is 0 Å². The summed E-state index contributed by atoms with van der Waals surface area (Å²) >= 11 is 0. The quantitative estimate of drug-likeness (QED) is 0.414. The number of piperazine rings is 1. The summed E-state index contributed by atoms with van der Waals surface area (Å²) in [6, 6.07) is 11.8. The summed E-state index contributed by atoms with van der Waals surface area (Å²) in [5, 5.41) is 2.68. The van der Waals surface area contributed by atoms with E-state index in [1.807, 2.05) is 0 Å². The average Bonchev–Trinajstić information content (AvgIpc) is 3.26.